The van der Waals surface area contributed by atoms with E-state index in [1.807, 2.05) is 30.3 Å². The molecule has 0 aliphatic rings. The van der Waals surface area contributed by atoms with E-state index in [9.17, 15) is 0 Å². The quantitative estimate of drug-likeness (QED) is 0.601. The molecule has 0 saturated heterocycles. The Kier molecular flexibility index (Phi) is 6.32. The molecule has 0 atom stereocenters. The predicted octanol–water partition coefficient (Wildman–Crippen LogP) is 4.51. The Morgan fingerprint density at radius 2 is 1.75 bits per heavy atom. The summed E-state index contributed by atoms with van der Waals surface area (Å²) in [5, 5.41) is 6.63. The minimum absolute atomic E-state index is 0.572. The fraction of sp³-hybridized carbons (Fsp3) is 0.273. The fourth-order valence-electron chi connectivity index (χ4n) is 2.96. The van der Waals surface area contributed by atoms with Crippen LogP contribution in [0, 0.1) is 13.8 Å². The van der Waals surface area contributed by atoms with E-state index in [0.29, 0.717) is 5.95 Å². The van der Waals surface area contributed by atoms with Gasteiger partial charge in [0.15, 0.2) is 11.5 Å². The first-order chi connectivity index (χ1) is 13.6. The van der Waals surface area contributed by atoms with Crippen LogP contribution in [0.2, 0.25) is 0 Å². The van der Waals surface area contributed by atoms with Crippen LogP contribution >= 0.6 is 0 Å². The molecule has 6 heteroatoms. The molecule has 146 valence electrons. The molecule has 1 aromatic heterocycles. The van der Waals surface area contributed by atoms with Crippen molar-refractivity contribution in [2.45, 2.75) is 20.3 Å². The van der Waals surface area contributed by atoms with Crippen LogP contribution in [0.1, 0.15) is 16.7 Å². The highest BCUT2D eigenvalue weighted by Gasteiger charge is 2.06. The van der Waals surface area contributed by atoms with Crippen molar-refractivity contribution in [3.8, 4) is 11.5 Å². The van der Waals surface area contributed by atoms with E-state index in [1.54, 1.807) is 20.4 Å². The third-order valence-electron chi connectivity index (χ3n) is 4.45. The van der Waals surface area contributed by atoms with Crippen molar-refractivity contribution in [3.63, 3.8) is 0 Å². The van der Waals surface area contributed by atoms with Gasteiger partial charge in [-0.25, -0.2) is 4.98 Å². The predicted molar refractivity (Wildman–Crippen MR) is 113 cm³/mol. The average molecular weight is 378 g/mol. The van der Waals surface area contributed by atoms with Crippen LogP contribution in [0.15, 0.2) is 48.7 Å². The molecule has 2 N–H and O–H groups in total. The van der Waals surface area contributed by atoms with Gasteiger partial charge in [0.1, 0.15) is 5.82 Å². The summed E-state index contributed by atoms with van der Waals surface area (Å²) in [5.41, 5.74) is 4.56. The highest BCUT2D eigenvalue weighted by atomic mass is 16.5. The van der Waals surface area contributed by atoms with Crippen LogP contribution < -0.4 is 20.1 Å². The number of hydrogen-bond acceptors (Lipinski definition) is 6. The molecule has 0 unspecified atom stereocenters. The SMILES string of the molecule is COc1ccc(CCNc2ccnc(Nc3ccc(C)cc3C)n2)cc1OC. The van der Waals surface area contributed by atoms with Gasteiger partial charge in [-0.1, -0.05) is 23.8 Å². The zero-order valence-electron chi connectivity index (χ0n) is 16.7. The second-order valence-corrected chi connectivity index (χ2v) is 6.57. The summed E-state index contributed by atoms with van der Waals surface area (Å²) < 4.78 is 10.6. The third-order valence-corrected chi connectivity index (χ3v) is 4.45. The smallest absolute Gasteiger partial charge is 0.229 e. The maximum atomic E-state index is 5.36. The van der Waals surface area contributed by atoms with E-state index in [1.165, 1.54) is 5.56 Å². The monoisotopic (exact) mass is 378 g/mol. The summed E-state index contributed by atoms with van der Waals surface area (Å²) in [6, 6.07) is 14.1. The first-order valence-electron chi connectivity index (χ1n) is 9.21. The highest BCUT2D eigenvalue weighted by Crippen LogP contribution is 2.27. The molecule has 28 heavy (non-hydrogen) atoms. The third kappa shape index (κ3) is 4.91. The zero-order chi connectivity index (χ0) is 19.9. The molecule has 1 heterocycles. The molecule has 3 aromatic rings. The van der Waals surface area contributed by atoms with E-state index in [2.05, 4.69) is 46.6 Å². The summed E-state index contributed by atoms with van der Waals surface area (Å²) in [4.78, 5) is 8.86. The molecule has 0 aliphatic carbocycles. The van der Waals surface area contributed by atoms with Gasteiger partial charge in [-0.05, 0) is 55.7 Å². The average Bonchev–Trinajstić information content (AvgIpc) is 2.70. The standard InChI is InChI=1S/C22H26N4O2/c1-15-5-7-18(16(2)13-15)25-22-24-12-10-21(26-22)23-11-9-17-6-8-19(27-3)20(14-17)28-4/h5-8,10,12-14H,9,11H2,1-4H3,(H2,23,24,25,26). The van der Waals surface area contributed by atoms with Gasteiger partial charge in [0.25, 0.3) is 0 Å². The Morgan fingerprint density at radius 1 is 0.929 bits per heavy atom. The molecule has 0 bridgehead atoms. The number of methoxy groups -OCH3 is 2. The number of nitrogens with zero attached hydrogens (tertiary/aromatic N) is 2. The van der Waals surface area contributed by atoms with Gasteiger partial charge in [0, 0.05) is 18.4 Å². The molecule has 2 aromatic carbocycles. The number of aromatic nitrogens is 2. The molecular weight excluding hydrogens is 352 g/mol. The van der Waals surface area contributed by atoms with Crippen LogP contribution in [0.25, 0.3) is 0 Å². The second-order valence-electron chi connectivity index (χ2n) is 6.57. The maximum Gasteiger partial charge on any atom is 0.229 e. The van der Waals surface area contributed by atoms with E-state index in [-0.39, 0.29) is 0 Å². The van der Waals surface area contributed by atoms with Crippen molar-refractivity contribution in [1.29, 1.82) is 0 Å². The highest BCUT2D eigenvalue weighted by molar-refractivity contribution is 5.59. The van der Waals surface area contributed by atoms with Crippen LogP contribution in [0.4, 0.5) is 17.5 Å². The maximum absolute atomic E-state index is 5.36. The van der Waals surface area contributed by atoms with Gasteiger partial charge < -0.3 is 20.1 Å². The molecule has 6 nitrogen and oxygen atoms in total. The first kappa shape index (κ1) is 19.5. The molecule has 0 aliphatic heterocycles. The second kappa shape index (κ2) is 9.08. The van der Waals surface area contributed by atoms with Crippen LogP contribution in [-0.4, -0.2) is 30.7 Å². The summed E-state index contributed by atoms with van der Waals surface area (Å²) in [6.07, 6.45) is 2.59. The molecule has 0 saturated carbocycles. The Morgan fingerprint density at radius 3 is 2.50 bits per heavy atom. The van der Waals surface area contributed by atoms with E-state index < -0.39 is 0 Å². The lowest BCUT2D eigenvalue weighted by molar-refractivity contribution is 0.354. The molecular formula is C22H26N4O2. The van der Waals surface area contributed by atoms with E-state index in [4.69, 9.17) is 9.47 Å². The van der Waals surface area contributed by atoms with Gasteiger partial charge in [0.2, 0.25) is 5.95 Å². The Labute approximate surface area is 166 Å². The summed E-state index contributed by atoms with van der Waals surface area (Å²) in [7, 11) is 3.28. The first-order valence-corrected chi connectivity index (χ1v) is 9.21. The summed E-state index contributed by atoms with van der Waals surface area (Å²) >= 11 is 0. The largest absolute Gasteiger partial charge is 0.493 e. The van der Waals surface area contributed by atoms with Crippen molar-refractivity contribution < 1.29 is 9.47 Å². The fourth-order valence-corrected chi connectivity index (χ4v) is 2.96. The molecule has 0 amide bonds. The van der Waals surface area contributed by atoms with Crippen LogP contribution in [-0.2, 0) is 6.42 Å². The van der Waals surface area contributed by atoms with Crippen molar-refractivity contribution in [3.05, 3.63) is 65.4 Å². The lowest BCUT2D eigenvalue weighted by Crippen LogP contribution is -2.08. The normalized spacial score (nSPS) is 10.4. The van der Waals surface area contributed by atoms with Crippen molar-refractivity contribution in [1.82, 2.24) is 9.97 Å². The van der Waals surface area contributed by atoms with Crippen LogP contribution in [0.5, 0.6) is 11.5 Å². The van der Waals surface area contributed by atoms with Gasteiger partial charge >= 0.3 is 0 Å². The molecule has 0 spiro atoms. The van der Waals surface area contributed by atoms with Crippen LogP contribution in [0.3, 0.4) is 0 Å². The topological polar surface area (TPSA) is 68.3 Å². The Bertz CT molecular complexity index is 944. The van der Waals surface area contributed by atoms with Crippen molar-refractivity contribution >= 4 is 17.5 Å². The number of rotatable bonds is 8. The van der Waals surface area contributed by atoms with E-state index >= 15 is 0 Å². The van der Waals surface area contributed by atoms with Gasteiger partial charge in [-0.3, -0.25) is 0 Å². The number of aryl methyl sites for hydroxylation is 2. The minimum Gasteiger partial charge on any atom is -0.493 e. The number of ether oxygens (including phenoxy) is 2. The number of hydrogen-bond donors (Lipinski definition) is 2. The Hall–Kier alpha value is -3.28. The van der Waals surface area contributed by atoms with Crippen molar-refractivity contribution in [2.75, 3.05) is 31.4 Å². The number of nitrogens with one attached hydrogen (secondary N) is 2. The molecule has 0 radical (unpaired) electrons. The zero-order valence-corrected chi connectivity index (χ0v) is 16.7. The number of anilines is 3. The minimum atomic E-state index is 0.572. The van der Waals surface area contributed by atoms with Gasteiger partial charge in [-0.15, -0.1) is 0 Å². The number of benzene rings is 2. The van der Waals surface area contributed by atoms with Crippen molar-refractivity contribution in [2.24, 2.45) is 0 Å². The summed E-state index contributed by atoms with van der Waals surface area (Å²) in [6.45, 7) is 4.90. The van der Waals surface area contributed by atoms with Gasteiger partial charge in [-0.2, -0.15) is 4.98 Å². The molecule has 3 rings (SSSR count). The molecule has 0 fully saturated rings. The lowest BCUT2D eigenvalue weighted by atomic mass is 10.1. The lowest BCUT2D eigenvalue weighted by Gasteiger charge is -2.11. The van der Waals surface area contributed by atoms with E-state index in [0.717, 1.165) is 47.1 Å². The summed E-state index contributed by atoms with van der Waals surface area (Å²) in [5.74, 6) is 2.82. The Balaban J connectivity index is 1.60. The van der Waals surface area contributed by atoms with Gasteiger partial charge in [0.05, 0.1) is 14.2 Å².